The van der Waals surface area contributed by atoms with Crippen LogP contribution in [0.5, 0.6) is 5.75 Å². The van der Waals surface area contributed by atoms with E-state index >= 15 is 0 Å². The highest BCUT2D eigenvalue weighted by Crippen LogP contribution is 2.12. The van der Waals surface area contributed by atoms with Crippen LogP contribution in [-0.2, 0) is 6.42 Å². The van der Waals surface area contributed by atoms with Gasteiger partial charge in [0.05, 0.1) is 5.76 Å². The molecule has 0 aromatic heterocycles. The molecular weight excluding hydrogens is 164 g/mol. The molecular formula is C11H14O2. The van der Waals surface area contributed by atoms with E-state index in [2.05, 4.69) is 6.58 Å². The summed E-state index contributed by atoms with van der Waals surface area (Å²) in [5.74, 6) is 0.522. The summed E-state index contributed by atoms with van der Waals surface area (Å²) in [5.41, 5.74) is 1.17. The summed E-state index contributed by atoms with van der Waals surface area (Å²) in [6.07, 6.45) is 2.43. The maximum atomic E-state index is 9.02. The van der Waals surface area contributed by atoms with Gasteiger partial charge in [-0.15, -0.1) is 0 Å². The molecule has 13 heavy (non-hydrogen) atoms. The largest absolute Gasteiger partial charge is 0.513 e. The number of phenols is 1. The van der Waals surface area contributed by atoms with Crippen LogP contribution in [0.3, 0.4) is 0 Å². The number of allylic oxidation sites excluding steroid dienone is 1. The molecule has 0 saturated carbocycles. The van der Waals surface area contributed by atoms with Crippen LogP contribution in [0.2, 0.25) is 0 Å². The third kappa shape index (κ3) is 3.65. The number of hydrogen-bond donors (Lipinski definition) is 2. The molecule has 0 radical (unpaired) electrons. The van der Waals surface area contributed by atoms with Crippen LogP contribution in [0.1, 0.15) is 18.4 Å². The van der Waals surface area contributed by atoms with E-state index in [1.807, 2.05) is 12.1 Å². The van der Waals surface area contributed by atoms with Gasteiger partial charge in [-0.3, -0.25) is 0 Å². The van der Waals surface area contributed by atoms with E-state index < -0.39 is 0 Å². The van der Waals surface area contributed by atoms with E-state index in [0.717, 1.165) is 12.8 Å². The first-order chi connectivity index (χ1) is 6.18. The van der Waals surface area contributed by atoms with Gasteiger partial charge in [0.1, 0.15) is 5.75 Å². The van der Waals surface area contributed by atoms with Gasteiger partial charge >= 0.3 is 0 Å². The molecule has 0 unspecified atom stereocenters. The number of aliphatic hydroxyl groups is 1. The Bertz CT molecular complexity index is 275. The summed E-state index contributed by atoms with van der Waals surface area (Å²) in [7, 11) is 0. The Kier molecular flexibility index (Phi) is 3.38. The Hall–Kier alpha value is -1.44. The fraction of sp³-hybridized carbons (Fsp3) is 0.273. The lowest BCUT2D eigenvalue weighted by Gasteiger charge is -2.00. The summed E-state index contributed by atoms with van der Waals surface area (Å²) in [5, 5.41) is 17.9. The Morgan fingerprint density at radius 2 is 1.85 bits per heavy atom. The molecule has 1 aromatic rings. The summed E-state index contributed by atoms with van der Waals surface area (Å²) in [6, 6.07) is 7.11. The first kappa shape index (κ1) is 9.65. The smallest absolute Gasteiger partial charge is 0.115 e. The molecule has 0 aliphatic heterocycles. The van der Waals surface area contributed by atoms with Gasteiger partial charge in [-0.25, -0.2) is 0 Å². The van der Waals surface area contributed by atoms with Gasteiger partial charge in [-0.2, -0.15) is 0 Å². The molecule has 0 saturated heterocycles. The van der Waals surface area contributed by atoms with Gasteiger partial charge in [-0.1, -0.05) is 18.7 Å². The lowest BCUT2D eigenvalue weighted by molar-refractivity contribution is 0.387. The molecule has 1 aromatic carbocycles. The van der Waals surface area contributed by atoms with Crippen molar-refractivity contribution < 1.29 is 10.2 Å². The highest BCUT2D eigenvalue weighted by molar-refractivity contribution is 5.25. The van der Waals surface area contributed by atoms with Crippen LogP contribution in [0.4, 0.5) is 0 Å². The monoisotopic (exact) mass is 178 g/mol. The van der Waals surface area contributed by atoms with Crippen molar-refractivity contribution in [3.8, 4) is 5.75 Å². The van der Waals surface area contributed by atoms with Crippen molar-refractivity contribution in [3.63, 3.8) is 0 Å². The van der Waals surface area contributed by atoms with Crippen LogP contribution >= 0.6 is 0 Å². The Balaban J connectivity index is 2.37. The van der Waals surface area contributed by atoms with E-state index in [9.17, 15) is 0 Å². The van der Waals surface area contributed by atoms with Crippen LogP contribution in [0, 0.1) is 0 Å². The van der Waals surface area contributed by atoms with Crippen molar-refractivity contribution in [2.75, 3.05) is 0 Å². The molecule has 2 heteroatoms. The SMILES string of the molecule is C=C(O)CCCc1ccc(O)cc1. The summed E-state index contributed by atoms with van der Waals surface area (Å²) < 4.78 is 0. The van der Waals surface area contributed by atoms with Crippen molar-refractivity contribution in [3.05, 3.63) is 42.2 Å². The van der Waals surface area contributed by atoms with E-state index in [1.54, 1.807) is 12.1 Å². The molecule has 0 bridgehead atoms. The van der Waals surface area contributed by atoms with Gasteiger partial charge in [-0.05, 0) is 30.5 Å². The lowest BCUT2D eigenvalue weighted by atomic mass is 10.1. The number of rotatable bonds is 4. The topological polar surface area (TPSA) is 40.5 Å². The summed E-state index contributed by atoms with van der Waals surface area (Å²) in [6.45, 7) is 3.42. The molecule has 0 spiro atoms. The molecule has 1 rings (SSSR count). The molecule has 0 aliphatic carbocycles. The molecule has 70 valence electrons. The summed E-state index contributed by atoms with van der Waals surface area (Å²) in [4.78, 5) is 0. The zero-order valence-electron chi connectivity index (χ0n) is 7.53. The maximum absolute atomic E-state index is 9.02. The zero-order valence-corrected chi connectivity index (χ0v) is 7.53. The minimum atomic E-state index is 0.235. The molecule has 0 heterocycles. The second-order valence-electron chi connectivity index (χ2n) is 3.09. The Labute approximate surface area is 78.2 Å². The number of hydrogen-bond acceptors (Lipinski definition) is 2. The van der Waals surface area contributed by atoms with Crippen molar-refractivity contribution >= 4 is 0 Å². The molecule has 0 atom stereocenters. The number of benzene rings is 1. The van der Waals surface area contributed by atoms with Crippen LogP contribution in [0.15, 0.2) is 36.6 Å². The average Bonchev–Trinajstić information content (AvgIpc) is 2.08. The van der Waals surface area contributed by atoms with E-state index in [0.29, 0.717) is 6.42 Å². The van der Waals surface area contributed by atoms with Gasteiger partial charge in [0.15, 0.2) is 0 Å². The molecule has 2 nitrogen and oxygen atoms in total. The zero-order chi connectivity index (χ0) is 9.68. The first-order valence-electron chi connectivity index (χ1n) is 4.33. The number of aryl methyl sites for hydroxylation is 1. The predicted octanol–water partition coefficient (Wildman–Crippen LogP) is 2.79. The maximum Gasteiger partial charge on any atom is 0.115 e. The van der Waals surface area contributed by atoms with Crippen LogP contribution < -0.4 is 0 Å². The minimum absolute atomic E-state index is 0.235. The number of phenolic OH excluding ortho intramolecular Hbond substituents is 1. The fourth-order valence-corrected chi connectivity index (χ4v) is 1.16. The second-order valence-corrected chi connectivity index (χ2v) is 3.09. The van der Waals surface area contributed by atoms with Crippen LogP contribution in [-0.4, -0.2) is 10.2 Å². The highest BCUT2D eigenvalue weighted by atomic mass is 16.3. The molecule has 2 N–H and O–H groups in total. The summed E-state index contributed by atoms with van der Waals surface area (Å²) >= 11 is 0. The third-order valence-corrected chi connectivity index (χ3v) is 1.87. The Morgan fingerprint density at radius 1 is 1.23 bits per heavy atom. The van der Waals surface area contributed by atoms with Crippen LogP contribution in [0.25, 0.3) is 0 Å². The highest BCUT2D eigenvalue weighted by Gasteiger charge is 1.94. The van der Waals surface area contributed by atoms with Crippen molar-refractivity contribution in [2.24, 2.45) is 0 Å². The van der Waals surface area contributed by atoms with E-state index in [4.69, 9.17) is 10.2 Å². The number of aliphatic hydroxyl groups excluding tert-OH is 1. The van der Waals surface area contributed by atoms with Crippen molar-refractivity contribution in [1.82, 2.24) is 0 Å². The normalized spacial score (nSPS) is 9.85. The van der Waals surface area contributed by atoms with Crippen molar-refractivity contribution in [1.29, 1.82) is 0 Å². The van der Waals surface area contributed by atoms with Crippen molar-refractivity contribution in [2.45, 2.75) is 19.3 Å². The van der Waals surface area contributed by atoms with Gasteiger partial charge in [0.2, 0.25) is 0 Å². The quantitative estimate of drug-likeness (QED) is 0.696. The molecule has 0 fully saturated rings. The Morgan fingerprint density at radius 3 is 2.38 bits per heavy atom. The third-order valence-electron chi connectivity index (χ3n) is 1.87. The molecule has 0 aliphatic rings. The van der Waals surface area contributed by atoms with Gasteiger partial charge in [0.25, 0.3) is 0 Å². The van der Waals surface area contributed by atoms with Gasteiger partial charge < -0.3 is 10.2 Å². The predicted molar refractivity (Wildman–Crippen MR) is 52.8 cm³/mol. The second kappa shape index (κ2) is 4.55. The fourth-order valence-electron chi connectivity index (χ4n) is 1.16. The minimum Gasteiger partial charge on any atom is -0.513 e. The number of aromatic hydroxyl groups is 1. The van der Waals surface area contributed by atoms with E-state index in [-0.39, 0.29) is 11.5 Å². The lowest BCUT2D eigenvalue weighted by Crippen LogP contribution is -1.86. The average molecular weight is 178 g/mol. The van der Waals surface area contributed by atoms with Gasteiger partial charge in [0, 0.05) is 6.42 Å². The first-order valence-corrected chi connectivity index (χ1v) is 4.33. The molecule has 0 amide bonds. The standard InChI is InChI=1S/C11H14O2/c1-9(12)3-2-4-10-5-7-11(13)8-6-10/h5-8,12-13H,1-4H2. The van der Waals surface area contributed by atoms with E-state index in [1.165, 1.54) is 5.56 Å².